The molecule has 0 radical (unpaired) electrons. The zero-order chi connectivity index (χ0) is 7.33. The van der Waals surface area contributed by atoms with Crippen LogP contribution in [-0.2, 0) is 4.74 Å². The second-order valence-corrected chi connectivity index (χ2v) is 3.41. The zero-order valence-corrected chi connectivity index (χ0v) is 7.16. The van der Waals surface area contributed by atoms with Crippen LogP contribution in [0.4, 0.5) is 0 Å². The fraction of sp³-hybridized carbons (Fsp3) is 1.00. The Morgan fingerprint density at radius 1 is 1.44 bits per heavy atom. The Bertz CT molecular complexity index is 63.3. The molecule has 0 aliphatic heterocycles. The van der Waals surface area contributed by atoms with Crippen LogP contribution in [0, 0.1) is 5.41 Å². The van der Waals surface area contributed by atoms with Gasteiger partial charge in [-0.15, -0.1) is 11.6 Å². The maximum atomic E-state index is 5.57. The van der Waals surface area contributed by atoms with Crippen LogP contribution in [0.1, 0.15) is 20.3 Å². The predicted octanol–water partition coefficient (Wildman–Crippen LogP) is 2.29. The number of methoxy groups -OCH3 is 1. The van der Waals surface area contributed by atoms with Crippen molar-refractivity contribution in [1.29, 1.82) is 0 Å². The van der Waals surface area contributed by atoms with Gasteiger partial charge in [0, 0.05) is 13.0 Å². The fourth-order valence-electron chi connectivity index (χ4n) is 0.719. The Labute approximate surface area is 62.3 Å². The van der Waals surface area contributed by atoms with E-state index in [4.69, 9.17) is 16.3 Å². The van der Waals surface area contributed by atoms with Gasteiger partial charge in [-0.2, -0.15) is 0 Å². The van der Waals surface area contributed by atoms with Crippen molar-refractivity contribution in [3.8, 4) is 0 Å². The molecule has 0 atom stereocenters. The Hall–Kier alpha value is 0.250. The first-order valence-electron chi connectivity index (χ1n) is 3.17. The number of rotatable bonds is 4. The van der Waals surface area contributed by atoms with Crippen molar-refractivity contribution < 1.29 is 4.74 Å². The van der Waals surface area contributed by atoms with Gasteiger partial charge in [-0.3, -0.25) is 0 Å². The lowest BCUT2D eigenvalue weighted by molar-refractivity contribution is 0.102. The predicted molar refractivity (Wildman–Crippen MR) is 41.0 cm³/mol. The quantitative estimate of drug-likeness (QED) is 0.559. The molecule has 56 valence electrons. The SMILES string of the molecule is COCC(C)(C)CCCl. The molecule has 0 saturated heterocycles. The highest BCUT2D eigenvalue weighted by molar-refractivity contribution is 6.17. The molecule has 0 N–H and O–H groups in total. The normalized spacial score (nSPS) is 12.0. The summed E-state index contributed by atoms with van der Waals surface area (Å²) >= 11 is 5.57. The number of hydrogen-bond acceptors (Lipinski definition) is 1. The second-order valence-electron chi connectivity index (χ2n) is 3.04. The molecule has 1 nitrogen and oxygen atoms in total. The summed E-state index contributed by atoms with van der Waals surface area (Å²) in [6, 6.07) is 0. The third-order valence-electron chi connectivity index (χ3n) is 1.31. The van der Waals surface area contributed by atoms with Gasteiger partial charge in [0.15, 0.2) is 0 Å². The van der Waals surface area contributed by atoms with Crippen LogP contribution in [0.15, 0.2) is 0 Å². The second kappa shape index (κ2) is 4.13. The average Bonchev–Trinajstić information content (AvgIpc) is 1.64. The van der Waals surface area contributed by atoms with Gasteiger partial charge in [0.05, 0.1) is 6.61 Å². The standard InChI is InChI=1S/C7H15ClO/c1-7(2,4-5-8)6-9-3/h4-6H2,1-3H3. The van der Waals surface area contributed by atoms with Crippen molar-refractivity contribution in [3.63, 3.8) is 0 Å². The van der Waals surface area contributed by atoms with E-state index < -0.39 is 0 Å². The van der Waals surface area contributed by atoms with E-state index >= 15 is 0 Å². The molecule has 0 heterocycles. The van der Waals surface area contributed by atoms with E-state index in [9.17, 15) is 0 Å². The van der Waals surface area contributed by atoms with Gasteiger partial charge >= 0.3 is 0 Å². The molecule has 0 bridgehead atoms. The van der Waals surface area contributed by atoms with Crippen molar-refractivity contribution in [3.05, 3.63) is 0 Å². The molecule has 0 aromatic carbocycles. The van der Waals surface area contributed by atoms with Crippen LogP contribution < -0.4 is 0 Å². The first-order chi connectivity index (χ1) is 4.12. The summed E-state index contributed by atoms with van der Waals surface area (Å²) < 4.78 is 5.00. The lowest BCUT2D eigenvalue weighted by atomic mass is 9.92. The van der Waals surface area contributed by atoms with E-state index in [1.807, 2.05) is 0 Å². The van der Waals surface area contributed by atoms with E-state index in [0.717, 1.165) is 18.9 Å². The minimum atomic E-state index is 0.247. The molecule has 0 unspecified atom stereocenters. The Balaban J connectivity index is 3.43. The van der Waals surface area contributed by atoms with Crippen molar-refractivity contribution in [2.24, 2.45) is 5.41 Å². The van der Waals surface area contributed by atoms with Gasteiger partial charge in [0.2, 0.25) is 0 Å². The van der Waals surface area contributed by atoms with E-state index in [1.54, 1.807) is 7.11 Å². The number of halogens is 1. The number of ether oxygens (including phenoxy) is 1. The van der Waals surface area contributed by atoms with Gasteiger partial charge in [-0.25, -0.2) is 0 Å². The summed E-state index contributed by atoms with van der Waals surface area (Å²) in [5, 5.41) is 0. The first-order valence-corrected chi connectivity index (χ1v) is 3.71. The van der Waals surface area contributed by atoms with E-state index in [0.29, 0.717) is 0 Å². The largest absolute Gasteiger partial charge is 0.384 e. The summed E-state index contributed by atoms with van der Waals surface area (Å²) in [6.45, 7) is 5.09. The summed E-state index contributed by atoms with van der Waals surface area (Å²) in [6.07, 6.45) is 1.02. The minimum absolute atomic E-state index is 0.247. The van der Waals surface area contributed by atoms with Crippen molar-refractivity contribution in [1.82, 2.24) is 0 Å². The number of hydrogen-bond donors (Lipinski definition) is 0. The smallest absolute Gasteiger partial charge is 0.0513 e. The Kier molecular flexibility index (Phi) is 4.24. The van der Waals surface area contributed by atoms with Crippen LogP contribution >= 0.6 is 11.6 Å². The summed E-state index contributed by atoms with van der Waals surface area (Å²) in [5.74, 6) is 0.719. The van der Waals surface area contributed by atoms with Crippen molar-refractivity contribution >= 4 is 11.6 Å². The lowest BCUT2D eigenvalue weighted by Crippen LogP contribution is -2.18. The molecule has 0 aromatic rings. The molecule has 0 aliphatic carbocycles. The van der Waals surface area contributed by atoms with Crippen molar-refractivity contribution in [2.75, 3.05) is 19.6 Å². The highest BCUT2D eigenvalue weighted by atomic mass is 35.5. The zero-order valence-electron chi connectivity index (χ0n) is 6.41. The highest BCUT2D eigenvalue weighted by Gasteiger charge is 2.15. The molecule has 9 heavy (non-hydrogen) atoms. The van der Waals surface area contributed by atoms with Crippen molar-refractivity contribution in [2.45, 2.75) is 20.3 Å². The molecule has 0 fully saturated rings. The van der Waals surface area contributed by atoms with Crippen LogP contribution in [0.25, 0.3) is 0 Å². The van der Waals surface area contributed by atoms with E-state index in [-0.39, 0.29) is 5.41 Å². The maximum absolute atomic E-state index is 5.57. The van der Waals surface area contributed by atoms with Crippen LogP contribution in [0.5, 0.6) is 0 Å². The molecule has 0 amide bonds. The van der Waals surface area contributed by atoms with Crippen LogP contribution in [0.2, 0.25) is 0 Å². The lowest BCUT2D eigenvalue weighted by Gasteiger charge is -2.21. The van der Waals surface area contributed by atoms with Gasteiger partial charge in [0.25, 0.3) is 0 Å². The van der Waals surface area contributed by atoms with Gasteiger partial charge in [0.1, 0.15) is 0 Å². The Morgan fingerprint density at radius 3 is 2.33 bits per heavy atom. The monoisotopic (exact) mass is 150 g/mol. The Morgan fingerprint density at radius 2 is 2.00 bits per heavy atom. The summed E-state index contributed by atoms with van der Waals surface area (Å²) in [4.78, 5) is 0. The van der Waals surface area contributed by atoms with E-state index in [1.165, 1.54) is 0 Å². The first kappa shape index (κ1) is 9.25. The fourth-order valence-corrected chi connectivity index (χ4v) is 1.23. The van der Waals surface area contributed by atoms with Gasteiger partial charge in [-0.05, 0) is 11.8 Å². The third-order valence-corrected chi connectivity index (χ3v) is 1.50. The summed E-state index contributed by atoms with van der Waals surface area (Å²) in [5.41, 5.74) is 0.247. The minimum Gasteiger partial charge on any atom is -0.384 e. The van der Waals surface area contributed by atoms with Crippen LogP contribution in [0.3, 0.4) is 0 Å². The van der Waals surface area contributed by atoms with Gasteiger partial charge < -0.3 is 4.74 Å². The maximum Gasteiger partial charge on any atom is 0.0513 e. The molecule has 2 heteroatoms. The van der Waals surface area contributed by atoms with E-state index in [2.05, 4.69) is 13.8 Å². The topological polar surface area (TPSA) is 9.23 Å². The molecule has 0 spiro atoms. The molecule has 0 saturated carbocycles. The average molecular weight is 151 g/mol. The molecular weight excluding hydrogens is 136 g/mol. The van der Waals surface area contributed by atoms with Gasteiger partial charge in [-0.1, -0.05) is 13.8 Å². The third kappa shape index (κ3) is 4.73. The van der Waals surface area contributed by atoms with Crippen LogP contribution in [-0.4, -0.2) is 19.6 Å². The number of alkyl halides is 1. The summed E-state index contributed by atoms with van der Waals surface area (Å²) in [7, 11) is 1.72. The molecular formula is C7H15ClO. The molecule has 0 aromatic heterocycles. The molecule has 0 aliphatic rings. The molecule has 0 rings (SSSR count). The highest BCUT2D eigenvalue weighted by Crippen LogP contribution is 2.20.